The molecule has 2 atom stereocenters. The zero-order valence-electron chi connectivity index (χ0n) is 16.9. The lowest BCUT2D eigenvalue weighted by molar-refractivity contribution is 0.0107. The highest BCUT2D eigenvalue weighted by atomic mass is 16.5. The zero-order valence-corrected chi connectivity index (χ0v) is 16.9. The Morgan fingerprint density at radius 2 is 1.81 bits per heavy atom. The van der Waals surface area contributed by atoms with Crippen LogP contribution >= 0.6 is 0 Å². The maximum Gasteiger partial charge on any atom is 0.127 e. The molecule has 0 saturated carbocycles. The minimum absolute atomic E-state index is 0.155. The Morgan fingerprint density at radius 3 is 2.56 bits per heavy atom. The summed E-state index contributed by atoms with van der Waals surface area (Å²) in [5, 5.41) is 0. The molecule has 0 fully saturated rings. The number of rotatable bonds is 4. The quantitative estimate of drug-likeness (QED) is 0.613. The highest BCUT2D eigenvalue weighted by molar-refractivity contribution is 5.54. The Morgan fingerprint density at radius 1 is 1.07 bits per heavy atom. The van der Waals surface area contributed by atoms with Gasteiger partial charge in [0.1, 0.15) is 17.1 Å². The smallest absolute Gasteiger partial charge is 0.127 e. The standard InChI is InChI=1S/C25H30O2/c1-17-10-13-21-20(14-17)24-22(26-4)15-19(16-23(24)27-25(21,2)3)12-11-18-8-6-5-7-9-18/h5-9,14-16,20-21H,10-13H2,1-4H3/t20-,21+/m1/s1. The largest absolute Gasteiger partial charge is 0.496 e. The third kappa shape index (κ3) is 3.50. The van der Waals surface area contributed by atoms with Gasteiger partial charge < -0.3 is 9.47 Å². The van der Waals surface area contributed by atoms with Crippen molar-refractivity contribution in [3.8, 4) is 11.5 Å². The van der Waals surface area contributed by atoms with Crippen LogP contribution in [0.2, 0.25) is 0 Å². The molecule has 0 amide bonds. The fourth-order valence-electron chi connectivity index (χ4n) is 4.81. The highest BCUT2D eigenvalue weighted by Crippen LogP contribution is 2.53. The number of aryl methyl sites for hydroxylation is 2. The third-order valence-electron chi connectivity index (χ3n) is 6.28. The van der Waals surface area contributed by atoms with Crippen molar-refractivity contribution in [1.29, 1.82) is 0 Å². The number of allylic oxidation sites excluding steroid dienone is 2. The zero-order chi connectivity index (χ0) is 19.0. The Labute approximate surface area is 163 Å². The summed E-state index contributed by atoms with van der Waals surface area (Å²) in [4.78, 5) is 0. The SMILES string of the molecule is COc1cc(CCc2ccccc2)cc2c1[C@@H]1C=C(C)CC[C@@H]1C(C)(C)O2. The minimum Gasteiger partial charge on any atom is -0.496 e. The van der Waals surface area contributed by atoms with Crippen LogP contribution in [-0.4, -0.2) is 12.7 Å². The molecule has 0 radical (unpaired) electrons. The number of benzene rings is 2. The van der Waals surface area contributed by atoms with Crippen LogP contribution in [0.3, 0.4) is 0 Å². The van der Waals surface area contributed by atoms with Crippen molar-refractivity contribution in [3.63, 3.8) is 0 Å². The van der Waals surface area contributed by atoms with E-state index >= 15 is 0 Å². The van der Waals surface area contributed by atoms with E-state index in [1.807, 2.05) is 0 Å². The van der Waals surface area contributed by atoms with Gasteiger partial charge in [-0.1, -0.05) is 42.0 Å². The number of fused-ring (bicyclic) bond motifs is 3. The first kappa shape index (κ1) is 18.2. The Kier molecular flexibility index (Phi) is 4.75. The lowest BCUT2D eigenvalue weighted by Gasteiger charge is -2.46. The molecule has 0 saturated heterocycles. The van der Waals surface area contributed by atoms with Crippen LogP contribution in [0.5, 0.6) is 11.5 Å². The van der Waals surface area contributed by atoms with Gasteiger partial charge in [0.2, 0.25) is 0 Å². The van der Waals surface area contributed by atoms with Crippen LogP contribution < -0.4 is 9.47 Å². The summed E-state index contributed by atoms with van der Waals surface area (Å²) in [7, 11) is 1.78. The summed E-state index contributed by atoms with van der Waals surface area (Å²) in [6.07, 6.45) is 6.81. The lowest BCUT2D eigenvalue weighted by atomic mass is 9.68. The second-order valence-electron chi connectivity index (χ2n) is 8.58. The first-order chi connectivity index (χ1) is 13.0. The average Bonchev–Trinajstić information content (AvgIpc) is 2.65. The molecular formula is C25H30O2. The van der Waals surface area contributed by atoms with Crippen LogP contribution in [-0.2, 0) is 12.8 Å². The molecule has 2 aliphatic rings. The van der Waals surface area contributed by atoms with E-state index in [-0.39, 0.29) is 5.60 Å². The molecule has 1 aliphatic carbocycles. The van der Waals surface area contributed by atoms with Gasteiger partial charge in [0.15, 0.2) is 0 Å². The predicted octanol–water partition coefficient (Wildman–Crippen LogP) is 6.09. The van der Waals surface area contributed by atoms with Gasteiger partial charge in [-0.2, -0.15) is 0 Å². The molecule has 2 aromatic carbocycles. The summed E-state index contributed by atoms with van der Waals surface area (Å²) in [6, 6.07) is 15.1. The average molecular weight is 363 g/mol. The molecule has 1 heterocycles. The van der Waals surface area contributed by atoms with Gasteiger partial charge in [0.25, 0.3) is 0 Å². The lowest BCUT2D eigenvalue weighted by Crippen LogP contribution is -2.45. The van der Waals surface area contributed by atoms with E-state index in [1.165, 1.54) is 35.1 Å². The van der Waals surface area contributed by atoms with Crippen molar-refractivity contribution in [2.24, 2.45) is 5.92 Å². The van der Waals surface area contributed by atoms with Gasteiger partial charge in [0.05, 0.1) is 7.11 Å². The highest BCUT2D eigenvalue weighted by Gasteiger charge is 2.45. The molecule has 0 aromatic heterocycles. The van der Waals surface area contributed by atoms with Crippen LogP contribution in [0.4, 0.5) is 0 Å². The second kappa shape index (κ2) is 7.07. The van der Waals surface area contributed by atoms with Crippen molar-refractivity contribution in [1.82, 2.24) is 0 Å². The molecule has 0 bridgehead atoms. The van der Waals surface area contributed by atoms with E-state index < -0.39 is 0 Å². The van der Waals surface area contributed by atoms with E-state index in [0.717, 1.165) is 24.3 Å². The fraction of sp³-hybridized carbons (Fsp3) is 0.440. The van der Waals surface area contributed by atoms with Gasteiger partial charge in [-0.15, -0.1) is 0 Å². The normalized spacial score (nSPS) is 22.9. The van der Waals surface area contributed by atoms with Gasteiger partial charge in [-0.3, -0.25) is 0 Å². The van der Waals surface area contributed by atoms with E-state index in [4.69, 9.17) is 9.47 Å². The first-order valence-corrected chi connectivity index (χ1v) is 10.1. The molecule has 142 valence electrons. The third-order valence-corrected chi connectivity index (χ3v) is 6.28. The van der Waals surface area contributed by atoms with Crippen molar-refractivity contribution in [2.75, 3.05) is 7.11 Å². The van der Waals surface area contributed by atoms with E-state index in [9.17, 15) is 0 Å². The van der Waals surface area contributed by atoms with E-state index in [2.05, 4.69) is 69.3 Å². The molecule has 2 heteroatoms. The molecule has 2 aromatic rings. The summed E-state index contributed by atoms with van der Waals surface area (Å²) in [5.74, 6) is 2.87. The molecule has 0 spiro atoms. The predicted molar refractivity (Wildman–Crippen MR) is 111 cm³/mol. The fourth-order valence-corrected chi connectivity index (χ4v) is 4.81. The molecule has 0 N–H and O–H groups in total. The van der Waals surface area contributed by atoms with Crippen molar-refractivity contribution >= 4 is 0 Å². The molecular weight excluding hydrogens is 332 g/mol. The Bertz CT molecular complexity index is 848. The van der Waals surface area contributed by atoms with Crippen LogP contribution in [0, 0.1) is 5.92 Å². The monoisotopic (exact) mass is 362 g/mol. The minimum atomic E-state index is -0.155. The Balaban J connectivity index is 1.70. The molecule has 1 aliphatic heterocycles. The summed E-state index contributed by atoms with van der Waals surface area (Å²) >= 11 is 0. The first-order valence-electron chi connectivity index (χ1n) is 10.1. The molecule has 2 nitrogen and oxygen atoms in total. The van der Waals surface area contributed by atoms with E-state index in [0.29, 0.717) is 11.8 Å². The second-order valence-corrected chi connectivity index (χ2v) is 8.58. The maximum atomic E-state index is 6.55. The van der Waals surface area contributed by atoms with E-state index in [1.54, 1.807) is 7.11 Å². The summed E-state index contributed by atoms with van der Waals surface area (Å²) in [5.41, 5.74) is 5.21. The van der Waals surface area contributed by atoms with Crippen molar-refractivity contribution < 1.29 is 9.47 Å². The molecule has 0 unspecified atom stereocenters. The van der Waals surface area contributed by atoms with Gasteiger partial charge in [-0.05, 0) is 69.7 Å². The van der Waals surface area contributed by atoms with Crippen LogP contribution in [0.15, 0.2) is 54.1 Å². The van der Waals surface area contributed by atoms with Gasteiger partial charge in [-0.25, -0.2) is 0 Å². The number of hydrogen-bond donors (Lipinski definition) is 0. The Hall–Kier alpha value is -2.22. The summed E-state index contributed by atoms with van der Waals surface area (Å²) < 4.78 is 12.4. The topological polar surface area (TPSA) is 18.5 Å². The van der Waals surface area contributed by atoms with Crippen LogP contribution in [0.1, 0.15) is 56.2 Å². The summed E-state index contributed by atoms with van der Waals surface area (Å²) in [6.45, 7) is 6.73. The molecule has 4 rings (SSSR count). The van der Waals surface area contributed by atoms with Gasteiger partial charge >= 0.3 is 0 Å². The number of hydrogen-bond acceptors (Lipinski definition) is 2. The number of methoxy groups -OCH3 is 1. The number of ether oxygens (including phenoxy) is 2. The van der Waals surface area contributed by atoms with Gasteiger partial charge in [0, 0.05) is 17.4 Å². The van der Waals surface area contributed by atoms with Crippen LogP contribution in [0.25, 0.3) is 0 Å². The van der Waals surface area contributed by atoms with Crippen molar-refractivity contribution in [3.05, 3.63) is 70.8 Å². The van der Waals surface area contributed by atoms with Crippen molar-refractivity contribution in [2.45, 2.75) is 58.0 Å². The molecule has 27 heavy (non-hydrogen) atoms. The maximum absolute atomic E-state index is 6.55.